The first kappa shape index (κ1) is 14.8. The summed E-state index contributed by atoms with van der Waals surface area (Å²) in [5, 5.41) is 7.17. The maximum absolute atomic E-state index is 12.0. The van der Waals surface area contributed by atoms with E-state index >= 15 is 0 Å². The summed E-state index contributed by atoms with van der Waals surface area (Å²) in [6.45, 7) is 6.60. The highest BCUT2D eigenvalue weighted by atomic mass is 79.9. The van der Waals surface area contributed by atoms with Crippen molar-refractivity contribution >= 4 is 27.5 Å². The lowest BCUT2D eigenvalue weighted by atomic mass is 10.1. The van der Waals surface area contributed by atoms with Crippen LogP contribution in [0.1, 0.15) is 23.2 Å². The number of carbonyl (C=O) groups is 1. The molecule has 0 aliphatic carbocycles. The number of carbonyl (C=O) groups excluding carboxylic acids is 1. The third-order valence-corrected chi connectivity index (χ3v) is 4.25. The van der Waals surface area contributed by atoms with Gasteiger partial charge in [-0.05, 0) is 53.9 Å². The fourth-order valence-electron chi connectivity index (χ4n) is 1.96. The summed E-state index contributed by atoms with van der Waals surface area (Å²) in [7, 11) is 0. The molecule has 1 heterocycles. The van der Waals surface area contributed by atoms with Crippen LogP contribution in [0.15, 0.2) is 28.9 Å². The lowest BCUT2D eigenvalue weighted by molar-refractivity contribution is -0.116. The van der Waals surface area contributed by atoms with E-state index in [-0.39, 0.29) is 5.91 Å². The highest BCUT2D eigenvalue weighted by molar-refractivity contribution is 9.10. The van der Waals surface area contributed by atoms with Crippen LogP contribution in [0.4, 0.5) is 5.69 Å². The summed E-state index contributed by atoms with van der Waals surface area (Å²) >= 11 is 3.41. The van der Waals surface area contributed by atoms with Crippen LogP contribution in [-0.4, -0.2) is 15.7 Å². The van der Waals surface area contributed by atoms with Gasteiger partial charge in [-0.2, -0.15) is 5.10 Å². The number of aryl methyl sites for hydroxylation is 2. The maximum Gasteiger partial charge on any atom is 0.226 e. The van der Waals surface area contributed by atoms with E-state index in [1.165, 1.54) is 5.56 Å². The van der Waals surface area contributed by atoms with Crippen molar-refractivity contribution in [3.05, 3.63) is 45.7 Å². The second kappa shape index (κ2) is 6.22. The summed E-state index contributed by atoms with van der Waals surface area (Å²) in [6.07, 6.45) is 2.15. The maximum atomic E-state index is 12.0. The smallest absolute Gasteiger partial charge is 0.226 e. The molecule has 0 atom stereocenters. The lowest BCUT2D eigenvalue weighted by Gasteiger charge is -2.10. The third-order valence-electron chi connectivity index (χ3n) is 3.47. The van der Waals surface area contributed by atoms with Crippen molar-refractivity contribution in [3.8, 4) is 0 Å². The molecule has 4 nitrogen and oxygen atoms in total. The Bertz CT molecular complexity index is 634. The molecule has 0 fully saturated rings. The van der Waals surface area contributed by atoms with Crippen LogP contribution in [0.25, 0.3) is 0 Å². The Morgan fingerprint density at radius 2 is 2.10 bits per heavy atom. The molecule has 0 radical (unpaired) electrons. The molecule has 0 saturated carbocycles. The molecule has 0 unspecified atom stereocenters. The predicted octanol–water partition coefficient (Wildman–Crippen LogP) is 3.60. The minimum Gasteiger partial charge on any atom is -0.326 e. The van der Waals surface area contributed by atoms with E-state index in [0.29, 0.717) is 13.0 Å². The van der Waals surface area contributed by atoms with Crippen LogP contribution < -0.4 is 5.32 Å². The average molecular weight is 336 g/mol. The van der Waals surface area contributed by atoms with Crippen molar-refractivity contribution in [1.82, 2.24) is 9.78 Å². The van der Waals surface area contributed by atoms with E-state index in [2.05, 4.69) is 26.3 Å². The number of rotatable bonds is 4. The van der Waals surface area contributed by atoms with E-state index in [1.54, 1.807) is 6.20 Å². The number of aromatic nitrogens is 2. The standard InChI is InChI=1S/C15H18BrN3O/c1-10-5-4-6-14(11(10)2)18-15(20)7-8-19-12(3)13(16)9-17-19/h4-6,9H,7-8H2,1-3H3,(H,18,20). The van der Waals surface area contributed by atoms with Crippen molar-refractivity contribution in [3.63, 3.8) is 0 Å². The Labute approximate surface area is 127 Å². The topological polar surface area (TPSA) is 46.9 Å². The number of nitrogens with zero attached hydrogens (tertiary/aromatic N) is 2. The van der Waals surface area contributed by atoms with E-state index < -0.39 is 0 Å². The molecule has 0 spiro atoms. The Morgan fingerprint density at radius 1 is 1.35 bits per heavy atom. The summed E-state index contributed by atoms with van der Waals surface area (Å²) < 4.78 is 2.79. The van der Waals surface area contributed by atoms with Gasteiger partial charge >= 0.3 is 0 Å². The number of anilines is 1. The van der Waals surface area contributed by atoms with Crippen molar-refractivity contribution in [2.75, 3.05) is 5.32 Å². The number of benzene rings is 1. The number of hydrogen-bond donors (Lipinski definition) is 1. The average Bonchev–Trinajstić information content (AvgIpc) is 2.73. The van der Waals surface area contributed by atoms with Crippen LogP contribution in [0.5, 0.6) is 0 Å². The van der Waals surface area contributed by atoms with Crippen LogP contribution in [0.3, 0.4) is 0 Å². The first-order chi connectivity index (χ1) is 9.49. The van der Waals surface area contributed by atoms with Crippen molar-refractivity contribution < 1.29 is 4.79 Å². The zero-order chi connectivity index (χ0) is 14.7. The minimum atomic E-state index is 0.00437. The Balaban J connectivity index is 1.96. The zero-order valence-electron chi connectivity index (χ0n) is 11.9. The summed E-state index contributed by atoms with van der Waals surface area (Å²) in [5.41, 5.74) is 4.20. The minimum absolute atomic E-state index is 0.00437. The van der Waals surface area contributed by atoms with Gasteiger partial charge in [-0.3, -0.25) is 9.48 Å². The number of nitrogens with one attached hydrogen (secondary N) is 1. The van der Waals surface area contributed by atoms with Gasteiger partial charge in [0.15, 0.2) is 0 Å². The fraction of sp³-hybridized carbons (Fsp3) is 0.333. The molecule has 2 rings (SSSR count). The molecule has 0 aliphatic heterocycles. The monoisotopic (exact) mass is 335 g/mol. The van der Waals surface area contributed by atoms with Crippen molar-refractivity contribution in [2.24, 2.45) is 0 Å². The van der Waals surface area contributed by atoms with Crippen molar-refractivity contribution in [1.29, 1.82) is 0 Å². The Hall–Kier alpha value is -1.62. The zero-order valence-corrected chi connectivity index (χ0v) is 13.5. The molecule has 1 aromatic heterocycles. The second-order valence-corrected chi connectivity index (χ2v) is 5.70. The normalized spacial score (nSPS) is 10.6. The van der Waals surface area contributed by atoms with Crippen molar-refractivity contribution in [2.45, 2.75) is 33.7 Å². The molecule has 20 heavy (non-hydrogen) atoms. The van der Waals surface area contributed by atoms with Gasteiger partial charge < -0.3 is 5.32 Å². The molecule has 1 aromatic carbocycles. The van der Waals surface area contributed by atoms with Gasteiger partial charge in [-0.15, -0.1) is 0 Å². The lowest BCUT2D eigenvalue weighted by Crippen LogP contribution is -2.16. The van der Waals surface area contributed by atoms with Gasteiger partial charge in [0.05, 0.1) is 17.2 Å². The first-order valence-corrected chi connectivity index (χ1v) is 7.32. The van der Waals surface area contributed by atoms with Gasteiger partial charge in [0.25, 0.3) is 0 Å². The Kier molecular flexibility index (Phi) is 4.60. The van der Waals surface area contributed by atoms with Crippen LogP contribution >= 0.6 is 15.9 Å². The number of amides is 1. The molecule has 0 bridgehead atoms. The van der Waals surface area contributed by atoms with Crippen LogP contribution in [0.2, 0.25) is 0 Å². The summed E-state index contributed by atoms with van der Waals surface area (Å²) in [4.78, 5) is 12.0. The van der Waals surface area contributed by atoms with E-state index in [4.69, 9.17) is 0 Å². The van der Waals surface area contributed by atoms with Gasteiger partial charge in [-0.1, -0.05) is 12.1 Å². The second-order valence-electron chi connectivity index (χ2n) is 4.85. The van der Waals surface area contributed by atoms with E-state index in [9.17, 15) is 4.79 Å². The predicted molar refractivity (Wildman–Crippen MR) is 83.8 cm³/mol. The van der Waals surface area contributed by atoms with Gasteiger partial charge in [0, 0.05) is 17.8 Å². The molecule has 5 heteroatoms. The third kappa shape index (κ3) is 3.28. The molecule has 1 N–H and O–H groups in total. The first-order valence-electron chi connectivity index (χ1n) is 6.53. The van der Waals surface area contributed by atoms with Gasteiger partial charge in [-0.25, -0.2) is 0 Å². The largest absolute Gasteiger partial charge is 0.326 e. The fourth-order valence-corrected chi connectivity index (χ4v) is 2.25. The highest BCUT2D eigenvalue weighted by Gasteiger charge is 2.08. The molecule has 106 valence electrons. The molecule has 0 aliphatic rings. The van der Waals surface area contributed by atoms with Gasteiger partial charge in [0.2, 0.25) is 5.91 Å². The highest BCUT2D eigenvalue weighted by Crippen LogP contribution is 2.18. The van der Waals surface area contributed by atoms with E-state index in [1.807, 2.05) is 43.7 Å². The summed E-state index contributed by atoms with van der Waals surface area (Å²) in [5.74, 6) is 0.00437. The molecular formula is C15H18BrN3O. The van der Waals surface area contributed by atoms with E-state index in [0.717, 1.165) is 21.4 Å². The molecule has 1 amide bonds. The summed E-state index contributed by atoms with van der Waals surface area (Å²) in [6, 6.07) is 5.91. The van der Waals surface area contributed by atoms with Crippen LogP contribution in [0, 0.1) is 20.8 Å². The van der Waals surface area contributed by atoms with Gasteiger partial charge in [0.1, 0.15) is 0 Å². The molecule has 0 saturated heterocycles. The quantitative estimate of drug-likeness (QED) is 0.927. The molecule has 2 aromatic rings. The molecular weight excluding hydrogens is 318 g/mol. The van der Waals surface area contributed by atoms with Crippen LogP contribution in [-0.2, 0) is 11.3 Å². The number of hydrogen-bond acceptors (Lipinski definition) is 2. The SMILES string of the molecule is Cc1cccc(NC(=O)CCn2ncc(Br)c2C)c1C. The Morgan fingerprint density at radius 3 is 2.75 bits per heavy atom. The number of halogens is 1.